The van der Waals surface area contributed by atoms with Crippen LogP contribution < -0.4 is 0 Å². The second-order valence-corrected chi connectivity index (χ2v) is 8.41. The van der Waals surface area contributed by atoms with Gasteiger partial charge in [0, 0.05) is 0 Å². The molecule has 0 saturated carbocycles. The fourth-order valence-corrected chi connectivity index (χ4v) is 3.60. The van der Waals surface area contributed by atoms with Gasteiger partial charge in [0.25, 0.3) is 0 Å². The highest BCUT2D eigenvalue weighted by molar-refractivity contribution is 5.74. The quantitative estimate of drug-likeness (QED) is 0.252. The van der Waals surface area contributed by atoms with E-state index >= 15 is 0 Å². The summed E-state index contributed by atoms with van der Waals surface area (Å²) in [6.07, 6.45) is 17.1. The Labute approximate surface area is 203 Å². The zero-order valence-corrected chi connectivity index (χ0v) is 19.9. The smallest absolute Gasteiger partial charge is 0.0256 e. The van der Waals surface area contributed by atoms with Crippen molar-refractivity contribution in [2.75, 3.05) is 0 Å². The second-order valence-electron chi connectivity index (χ2n) is 8.41. The molecule has 0 saturated heterocycles. The SMILES string of the molecule is C/C=C/c1ccc(/C=C/c2ccc(/C=C/c3ccc(/C=C/c4ccc(C)cc4)cc3)cc2)cc1. The van der Waals surface area contributed by atoms with Crippen molar-refractivity contribution in [2.24, 2.45) is 0 Å². The molecule has 0 aliphatic rings. The van der Waals surface area contributed by atoms with Gasteiger partial charge in [-0.1, -0.05) is 151 Å². The molecule has 0 amide bonds. The summed E-state index contributed by atoms with van der Waals surface area (Å²) >= 11 is 0. The standard InChI is InChI=1S/C34H30/c1-3-4-28-9-11-30(12-10-28)15-16-32-21-23-34(24-22-32)26-25-33-19-17-31(18-20-33)14-13-29-7-5-27(2)6-8-29/h3-26H,1-2H3/b4-3+,14-13+,16-15+,26-25+. The Bertz CT molecular complexity index is 1290. The van der Waals surface area contributed by atoms with Crippen LogP contribution in [-0.2, 0) is 0 Å². The van der Waals surface area contributed by atoms with Crippen molar-refractivity contribution < 1.29 is 0 Å². The van der Waals surface area contributed by atoms with Gasteiger partial charge in [-0.3, -0.25) is 0 Å². The molecule has 0 aliphatic heterocycles. The first-order valence-corrected chi connectivity index (χ1v) is 11.7. The van der Waals surface area contributed by atoms with E-state index in [0.29, 0.717) is 0 Å². The van der Waals surface area contributed by atoms with E-state index in [2.05, 4.69) is 153 Å². The van der Waals surface area contributed by atoms with Crippen molar-refractivity contribution in [2.45, 2.75) is 13.8 Å². The van der Waals surface area contributed by atoms with E-state index in [0.717, 1.165) is 0 Å². The Hall–Kier alpha value is -4.16. The van der Waals surface area contributed by atoms with Crippen molar-refractivity contribution in [1.29, 1.82) is 0 Å². The van der Waals surface area contributed by atoms with Crippen LogP contribution in [0.4, 0.5) is 0 Å². The lowest BCUT2D eigenvalue weighted by molar-refractivity contribution is 1.46. The van der Waals surface area contributed by atoms with Crippen LogP contribution in [0.25, 0.3) is 42.5 Å². The van der Waals surface area contributed by atoms with E-state index in [1.807, 2.05) is 6.92 Å². The first-order valence-electron chi connectivity index (χ1n) is 11.7. The zero-order valence-electron chi connectivity index (χ0n) is 19.9. The van der Waals surface area contributed by atoms with E-state index in [1.165, 1.54) is 44.5 Å². The third-order valence-electron chi connectivity index (χ3n) is 5.65. The minimum absolute atomic E-state index is 1.19. The highest BCUT2D eigenvalue weighted by Gasteiger charge is 1.93. The molecule has 0 heterocycles. The third-order valence-corrected chi connectivity index (χ3v) is 5.65. The van der Waals surface area contributed by atoms with Gasteiger partial charge in [0.1, 0.15) is 0 Å². The topological polar surface area (TPSA) is 0 Å². The van der Waals surface area contributed by atoms with Gasteiger partial charge in [-0.25, -0.2) is 0 Å². The largest absolute Gasteiger partial charge is 0.0871 e. The number of rotatable bonds is 7. The molecule has 0 bridgehead atoms. The number of hydrogen-bond donors (Lipinski definition) is 0. The molecule has 4 rings (SSSR count). The van der Waals surface area contributed by atoms with Crippen LogP contribution in [0.5, 0.6) is 0 Å². The molecule has 0 heteroatoms. The van der Waals surface area contributed by atoms with Crippen LogP contribution in [0.2, 0.25) is 0 Å². The average Bonchev–Trinajstić information content (AvgIpc) is 2.88. The predicted molar refractivity (Wildman–Crippen MR) is 152 cm³/mol. The number of benzene rings is 4. The lowest BCUT2D eigenvalue weighted by Crippen LogP contribution is -1.78. The number of hydrogen-bond acceptors (Lipinski definition) is 0. The maximum Gasteiger partial charge on any atom is -0.0256 e. The van der Waals surface area contributed by atoms with Crippen LogP contribution in [0, 0.1) is 6.92 Å². The zero-order chi connectivity index (χ0) is 23.6. The first-order chi connectivity index (χ1) is 16.7. The van der Waals surface area contributed by atoms with Crippen molar-refractivity contribution >= 4 is 42.5 Å². The van der Waals surface area contributed by atoms with Gasteiger partial charge in [0.15, 0.2) is 0 Å². The van der Waals surface area contributed by atoms with Crippen molar-refractivity contribution in [3.63, 3.8) is 0 Å². The maximum atomic E-state index is 2.16. The summed E-state index contributed by atoms with van der Waals surface area (Å²) in [4.78, 5) is 0. The monoisotopic (exact) mass is 438 g/mol. The summed E-state index contributed by atoms with van der Waals surface area (Å²) in [6, 6.07) is 34.4. The van der Waals surface area contributed by atoms with Crippen molar-refractivity contribution in [3.05, 3.63) is 148 Å². The molecule has 0 aromatic heterocycles. The summed E-state index contributed by atoms with van der Waals surface area (Å²) in [6.45, 7) is 4.15. The fourth-order valence-electron chi connectivity index (χ4n) is 3.60. The van der Waals surface area contributed by atoms with Gasteiger partial charge in [0.2, 0.25) is 0 Å². The Morgan fingerprint density at radius 2 is 0.529 bits per heavy atom. The molecular weight excluding hydrogens is 408 g/mol. The van der Waals surface area contributed by atoms with Crippen LogP contribution >= 0.6 is 0 Å². The average molecular weight is 439 g/mol. The molecule has 4 aromatic carbocycles. The van der Waals surface area contributed by atoms with E-state index in [-0.39, 0.29) is 0 Å². The molecule has 0 radical (unpaired) electrons. The Morgan fingerprint density at radius 1 is 0.324 bits per heavy atom. The maximum absolute atomic E-state index is 2.16. The van der Waals surface area contributed by atoms with Crippen LogP contribution in [0.3, 0.4) is 0 Å². The Balaban J connectivity index is 1.34. The Kier molecular flexibility index (Phi) is 7.87. The van der Waals surface area contributed by atoms with Gasteiger partial charge in [-0.2, -0.15) is 0 Å². The lowest BCUT2D eigenvalue weighted by atomic mass is 10.1. The van der Waals surface area contributed by atoms with Crippen LogP contribution in [0.1, 0.15) is 51.4 Å². The molecule has 0 fully saturated rings. The summed E-state index contributed by atoms with van der Waals surface area (Å²) < 4.78 is 0. The predicted octanol–water partition coefficient (Wildman–Crippen LogP) is 9.54. The third kappa shape index (κ3) is 6.92. The molecule has 0 nitrogen and oxygen atoms in total. The van der Waals surface area contributed by atoms with Gasteiger partial charge < -0.3 is 0 Å². The van der Waals surface area contributed by atoms with Gasteiger partial charge >= 0.3 is 0 Å². The molecule has 0 N–H and O–H groups in total. The molecule has 166 valence electrons. The normalized spacial score (nSPS) is 11.9. The van der Waals surface area contributed by atoms with E-state index in [9.17, 15) is 0 Å². The van der Waals surface area contributed by atoms with E-state index in [1.54, 1.807) is 0 Å². The van der Waals surface area contributed by atoms with E-state index < -0.39 is 0 Å². The minimum Gasteiger partial charge on any atom is -0.0871 e. The Morgan fingerprint density at radius 3 is 0.765 bits per heavy atom. The molecule has 0 spiro atoms. The van der Waals surface area contributed by atoms with Gasteiger partial charge in [-0.15, -0.1) is 0 Å². The number of aryl methyl sites for hydroxylation is 1. The first kappa shape index (κ1) is 23.0. The summed E-state index contributed by atoms with van der Waals surface area (Å²) in [5.74, 6) is 0. The van der Waals surface area contributed by atoms with Gasteiger partial charge in [0.05, 0.1) is 0 Å². The van der Waals surface area contributed by atoms with Gasteiger partial charge in [-0.05, 0) is 52.8 Å². The molecule has 34 heavy (non-hydrogen) atoms. The van der Waals surface area contributed by atoms with Crippen LogP contribution in [0.15, 0.2) is 103 Å². The second kappa shape index (κ2) is 11.6. The summed E-state index contributed by atoms with van der Waals surface area (Å²) in [5, 5.41) is 0. The fraction of sp³-hybridized carbons (Fsp3) is 0.0588. The summed E-state index contributed by atoms with van der Waals surface area (Å²) in [7, 11) is 0. The molecule has 0 aliphatic carbocycles. The number of allylic oxidation sites excluding steroid dienone is 1. The highest BCUT2D eigenvalue weighted by atomic mass is 14.0. The molecule has 4 aromatic rings. The van der Waals surface area contributed by atoms with Crippen molar-refractivity contribution in [1.82, 2.24) is 0 Å². The van der Waals surface area contributed by atoms with E-state index in [4.69, 9.17) is 0 Å². The minimum atomic E-state index is 1.19. The van der Waals surface area contributed by atoms with Crippen molar-refractivity contribution in [3.8, 4) is 0 Å². The summed E-state index contributed by atoms with van der Waals surface area (Å²) in [5.41, 5.74) is 9.71. The molecule has 0 atom stereocenters. The highest BCUT2D eigenvalue weighted by Crippen LogP contribution is 2.15. The molecular formula is C34H30. The van der Waals surface area contributed by atoms with Crippen LogP contribution in [-0.4, -0.2) is 0 Å². The molecule has 0 unspecified atom stereocenters. The lowest BCUT2D eigenvalue weighted by Gasteiger charge is -1.99.